The van der Waals surface area contributed by atoms with Crippen molar-refractivity contribution in [2.45, 2.75) is 31.7 Å². The molecule has 3 rings (SSSR count). The molecule has 1 aliphatic heterocycles. The van der Waals surface area contributed by atoms with Crippen LogP contribution in [0.25, 0.3) is 0 Å². The summed E-state index contributed by atoms with van der Waals surface area (Å²) in [4.78, 5) is 12.1. The number of carbonyl (C=O) groups excluding carboxylic acids is 1. The normalized spacial score (nSPS) is 18.7. The highest BCUT2D eigenvalue weighted by Crippen LogP contribution is 2.31. The van der Waals surface area contributed by atoms with E-state index in [2.05, 4.69) is 5.32 Å². The van der Waals surface area contributed by atoms with Crippen molar-refractivity contribution in [2.24, 2.45) is 11.7 Å². The molecule has 1 fully saturated rings. The number of amides is 1. The molecule has 1 saturated carbocycles. The molecule has 1 aromatic carbocycles. The summed E-state index contributed by atoms with van der Waals surface area (Å²) in [6.07, 6.45) is 3.70. The van der Waals surface area contributed by atoms with E-state index in [0.29, 0.717) is 32.2 Å². The summed E-state index contributed by atoms with van der Waals surface area (Å²) in [5, 5.41) is 3.02. The van der Waals surface area contributed by atoms with E-state index in [4.69, 9.17) is 15.2 Å². The fraction of sp³-hybridized carbons (Fsp3) is 0.562. The Kier molecular flexibility index (Phi) is 4.29. The minimum absolute atomic E-state index is 0.0621. The summed E-state index contributed by atoms with van der Waals surface area (Å²) in [5.41, 5.74) is 6.82. The molecule has 5 heteroatoms. The first-order valence-corrected chi connectivity index (χ1v) is 7.65. The summed E-state index contributed by atoms with van der Waals surface area (Å²) >= 11 is 0. The lowest BCUT2D eigenvalue weighted by Gasteiger charge is -2.16. The second kappa shape index (κ2) is 6.35. The van der Waals surface area contributed by atoms with Crippen molar-refractivity contribution in [2.75, 3.05) is 19.8 Å². The number of benzene rings is 1. The SMILES string of the molecule is NCC(Cc1ccc2c(c1)OCCCO2)C(=O)NC1CC1. The molecule has 114 valence electrons. The second-order valence-electron chi connectivity index (χ2n) is 5.75. The molecule has 0 radical (unpaired) electrons. The van der Waals surface area contributed by atoms with Gasteiger partial charge in [-0.25, -0.2) is 0 Å². The molecular weight excluding hydrogens is 268 g/mol. The number of hydrogen-bond acceptors (Lipinski definition) is 4. The molecule has 0 bridgehead atoms. The van der Waals surface area contributed by atoms with Crippen molar-refractivity contribution in [3.05, 3.63) is 23.8 Å². The Morgan fingerprint density at radius 2 is 2.05 bits per heavy atom. The number of fused-ring (bicyclic) bond motifs is 1. The van der Waals surface area contributed by atoms with Crippen LogP contribution in [-0.2, 0) is 11.2 Å². The third-order valence-electron chi connectivity index (χ3n) is 3.87. The average Bonchev–Trinajstić information content (AvgIpc) is 3.30. The van der Waals surface area contributed by atoms with Crippen molar-refractivity contribution in [1.29, 1.82) is 0 Å². The maximum atomic E-state index is 12.1. The molecule has 1 amide bonds. The van der Waals surface area contributed by atoms with Crippen LogP contribution in [-0.4, -0.2) is 31.7 Å². The predicted octanol–water partition coefficient (Wildman–Crippen LogP) is 1.24. The first-order chi connectivity index (χ1) is 10.3. The van der Waals surface area contributed by atoms with E-state index in [1.807, 2.05) is 18.2 Å². The first kappa shape index (κ1) is 14.2. The number of carbonyl (C=O) groups is 1. The van der Waals surface area contributed by atoms with Crippen LogP contribution in [0, 0.1) is 5.92 Å². The first-order valence-electron chi connectivity index (χ1n) is 7.65. The lowest BCUT2D eigenvalue weighted by molar-refractivity contribution is -0.124. The van der Waals surface area contributed by atoms with Crippen LogP contribution in [0.1, 0.15) is 24.8 Å². The Bertz CT molecular complexity index is 514. The second-order valence-corrected chi connectivity index (χ2v) is 5.75. The van der Waals surface area contributed by atoms with Gasteiger partial charge in [-0.05, 0) is 37.0 Å². The minimum atomic E-state index is -0.185. The molecule has 0 saturated heterocycles. The van der Waals surface area contributed by atoms with Crippen LogP contribution in [0.3, 0.4) is 0 Å². The highest BCUT2D eigenvalue weighted by atomic mass is 16.5. The molecule has 1 aromatic rings. The summed E-state index contributed by atoms with van der Waals surface area (Å²) in [5.74, 6) is 1.42. The van der Waals surface area contributed by atoms with E-state index >= 15 is 0 Å². The van der Waals surface area contributed by atoms with Gasteiger partial charge in [-0.3, -0.25) is 4.79 Å². The van der Waals surface area contributed by atoms with E-state index in [0.717, 1.165) is 36.3 Å². The molecule has 1 unspecified atom stereocenters. The molecule has 1 aliphatic carbocycles. The fourth-order valence-electron chi connectivity index (χ4n) is 2.45. The van der Waals surface area contributed by atoms with Gasteiger partial charge in [-0.2, -0.15) is 0 Å². The number of nitrogens with one attached hydrogen (secondary N) is 1. The Balaban J connectivity index is 1.67. The highest BCUT2D eigenvalue weighted by Gasteiger charge is 2.27. The smallest absolute Gasteiger partial charge is 0.224 e. The Hall–Kier alpha value is -1.75. The third kappa shape index (κ3) is 3.67. The fourth-order valence-corrected chi connectivity index (χ4v) is 2.45. The van der Waals surface area contributed by atoms with E-state index in [1.165, 1.54) is 0 Å². The van der Waals surface area contributed by atoms with Crippen molar-refractivity contribution in [1.82, 2.24) is 5.32 Å². The van der Waals surface area contributed by atoms with Crippen LogP contribution in [0.5, 0.6) is 11.5 Å². The van der Waals surface area contributed by atoms with E-state index < -0.39 is 0 Å². The van der Waals surface area contributed by atoms with Gasteiger partial charge in [0.25, 0.3) is 0 Å². The van der Waals surface area contributed by atoms with Gasteiger partial charge in [0.1, 0.15) is 0 Å². The lowest BCUT2D eigenvalue weighted by Crippen LogP contribution is -2.37. The molecule has 5 nitrogen and oxygen atoms in total. The van der Waals surface area contributed by atoms with E-state index in [-0.39, 0.29) is 11.8 Å². The van der Waals surface area contributed by atoms with Crippen molar-refractivity contribution in [3.8, 4) is 11.5 Å². The summed E-state index contributed by atoms with van der Waals surface area (Å²) in [6.45, 7) is 1.70. The molecule has 21 heavy (non-hydrogen) atoms. The molecule has 1 atom stereocenters. The van der Waals surface area contributed by atoms with Crippen LogP contribution < -0.4 is 20.5 Å². The summed E-state index contributed by atoms with van der Waals surface area (Å²) in [6, 6.07) is 6.24. The van der Waals surface area contributed by atoms with Crippen molar-refractivity contribution in [3.63, 3.8) is 0 Å². The van der Waals surface area contributed by atoms with E-state index in [9.17, 15) is 4.79 Å². The molecular formula is C16H22N2O3. The number of ether oxygens (including phenoxy) is 2. The number of hydrogen-bond donors (Lipinski definition) is 2. The van der Waals surface area contributed by atoms with Gasteiger partial charge in [0, 0.05) is 19.0 Å². The van der Waals surface area contributed by atoms with E-state index in [1.54, 1.807) is 0 Å². The van der Waals surface area contributed by atoms with Crippen molar-refractivity contribution >= 4 is 5.91 Å². The number of rotatable bonds is 5. The Labute approximate surface area is 124 Å². The minimum Gasteiger partial charge on any atom is -0.490 e. The topological polar surface area (TPSA) is 73.6 Å². The molecule has 3 N–H and O–H groups in total. The molecule has 2 aliphatic rings. The highest BCUT2D eigenvalue weighted by molar-refractivity contribution is 5.79. The van der Waals surface area contributed by atoms with Crippen LogP contribution in [0.4, 0.5) is 0 Å². The zero-order valence-electron chi connectivity index (χ0n) is 12.1. The maximum Gasteiger partial charge on any atom is 0.224 e. The summed E-state index contributed by atoms with van der Waals surface area (Å²) in [7, 11) is 0. The van der Waals surface area contributed by atoms with Crippen LogP contribution >= 0.6 is 0 Å². The van der Waals surface area contributed by atoms with Gasteiger partial charge in [0.05, 0.1) is 19.1 Å². The van der Waals surface area contributed by atoms with Gasteiger partial charge >= 0.3 is 0 Å². The predicted molar refractivity (Wildman–Crippen MR) is 79.5 cm³/mol. The van der Waals surface area contributed by atoms with Crippen molar-refractivity contribution < 1.29 is 14.3 Å². The largest absolute Gasteiger partial charge is 0.490 e. The third-order valence-corrected chi connectivity index (χ3v) is 3.87. The van der Waals surface area contributed by atoms with Gasteiger partial charge < -0.3 is 20.5 Å². The lowest BCUT2D eigenvalue weighted by atomic mass is 9.98. The quantitative estimate of drug-likeness (QED) is 0.856. The Morgan fingerprint density at radius 3 is 2.76 bits per heavy atom. The Morgan fingerprint density at radius 1 is 1.29 bits per heavy atom. The molecule has 0 aromatic heterocycles. The monoisotopic (exact) mass is 290 g/mol. The standard InChI is InChI=1S/C16H22N2O3/c17-10-12(16(19)18-13-3-4-13)8-11-2-5-14-15(9-11)21-7-1-6-20-14/h2,5,9,12-13H,1,3-4,6-8,10,17H2,(H,18,19). The van der Waals surface area contributed by atoms with Crippen LogP contribution in [0.2, 0.25) is 0 Å². The molecule has 1 heterocycles. The average molecular weight is 290 g/mol. The zero-order valence-corrected chi connectivity index (χ0v) is 12.1. The molecule has 0 spiro atoms. The number of nitrogens with two attached hydrogens (primary N) is 1. The maximum absolute atomic E-state index is 12.1. The van der Waals surface area contributed by atoms with Gasteiger partial charge in [-0.1, -0.05) is 6.07 Å². The summed E-state index contributed by atoms with van der Waals surface area (Å²) < 4.78 is 11.3. The van der Waals surface area contributed by atoms with Crippen LogP contribution in [0.15, 0.2) is 18.2 Å². The van der Waals surface area contributed by atoms with Gasteiger partial charge in [0.15, 0.2) is 11.5 Å². The zero-order chi connectivity index (χ0) is 14.7. The van der Waals surface area contributed by atoms with Gasteiger partial charge in [0.2, 0.25) is 5.91 Å². The van der Waals surface area contributed by atoms with Gasteiger partial charge in [-0.15, -0.1) is 0 Å².